The minimum Gasteiger partial charge on any atom is -0.394 e. The average Bonchev–Trinajstić information content (AvgIpc) is 3.38. The molecule has 4 heterocycles. The monoisotopic (exact) mass is 494 g/mol. The number of fused-ring (bicyclic) bond motifs is 2. The van der Waals surface area contributed by atoms with Gasteiger partial charge in [0, 0.05) is 13.1 Å². The Balaban J connectivity index is 0.000000181. The van der Waals surface area contributed by atoms with Crippen molar-refractivity contribution < 1.29 is 35.0 Å². The molecule has 0 aromatic carbocycles. The van der Waals surface area contributed by atoms with Gasteiger partial charge in [0.05, 0.1) is 24.8 Å². The normalized spacial score (nSPS) is 45.5. The minimum atomic E-state index is -1.07. The molecule has 32 heavy (non-hydrogen) atoms. The van der Waals surface area contributed by atoms with Crippen molar-refractivity contribution in [2.45, 2.75) is 86.8 Å². The fraction of sp³-hybridized carbons (Fsp3) is 0.895. The van der Waals surface area contributed by atoms with E-state index in [9.17, 15) is 20.4 Å². The molecule has 0 unspecified atom stereocenters. The van der Waals surface area contributed by atoms with Crippen LogP contribution in [0.25, 0.3) is 0 Å². The number of aliphatic hydroxyl groups excluding tert-OH is 5. The maximum Gasteiger partial charge on any atom is 0.159 e. The number of hydrogen-bond acceptors (Lipinski definition) is 11. The number of aliphatic hydroxyl groups is 5. The summed E-state index contributed by atoms with van der Waals surface area (Å²) in [6.07, 6.45) is -3.95. The number of amidine groups is 2. The lowest BCUT2D eigenvalue weighted by Gasteiger charge is -2.38. The molecule has 11 nitrogen and oxygen atoms in total. The summed E-state index contributed by atoms with van der Waals surface area (Å²) in [6.45, 7) is 6.86. The van der Waals surface area contributed by atoms with E-state index < -0.39 is 30.5 Å². The van der Waals surface area contributed by atoms with E-state index in [1.54, 1.807) is 0 Å². The first-order valence-corrected chi connectivity index (χ1v) is 12.7. The largest absolute Gasteiger partial charge is 0.394 e. The van der Waals surface area contributed by atoms with Crippen LogP contribution in [0, 0.1) is 0 Å². The average molecular weight is 495 g/mol. The number of nitrogens with zero attached hydrogens (tertiary/aromatic N) is 2. The van der Waals surface area contributed by atoms with Gasteiger partial charge in [-0.15, -0.1) is 0 Å². The first kappa shape index (κ1) is 26.0. The lowest BCUT2D eigenvalue weighted by Crippen LogP contribution is -2.59. The van der Waals surface area contributed by atoms with E-state index in [0.717, 1.165) is 5.17 Å². The highest BCUT2D eigenvalue weighted by Crippen LogP contribution is 2.35. The van der Waals surface area contributed by atoms with Crippen LogP contribution in [0.1, 0.15) is 27.2 Å². The van der Waals surface area contributed by atoms with E-state index >= 15 is 0 Å². The third-order valence-corrected chi connectivity index (χ3v) is 7.84. The van der Waals surface area contributed by atoms with Gasteiger partial charge in [-0.2, -0.15) is 0 Å². The van der Waals surface area contributed by atoms with Gasteiger partial charge in [-0.05, 0) is 20.3 Å². The highest BCUT2D eigenvalue weighted by atomic mass is 32.2. The van der Waals surface area contributed by atoms with Crippen molar-refractivity contribution in [2.75, 3.05) is 19.7 Å². The van der Waals surface area contributed by atoms with Crippen molar-refractivity contribution >= 4 is 33.9 Å². The molecule has 4 fully saturated rings. The summed E-state index contributed by atoms with van der Waals surface area (Å²) in [5.74, 6) is 0. The van der Waals surface area contributed by atoms with Crippen LogP contribution in [0.2, 0.25) is 0 Å². The van der Waals surface area contributed by atoms with Gasteiger partial charge in [0.1, 0.15) is 41.4 Å². The van der Waals surface area contributed by atoms with Gasteiger partial charge < -0.3 is 45.6 Å². The summed E-state index contributed by atoms with van der Waals surface area (Å²) in [6, 6.07) is -0.624. The zero-order valence-electron chi connectivity index (χ0n) is 18.4. The molecule has 0 bridgehead atoms. The summed E-state index contributed by atoms with van der Waals surface area (Å²) < 4.78 is 11.2. The molecule has 0 radical (unpaired) electrons. The maximum absolute atomic E-state index is 9.97. The Morgan fingerprint density at radius 2 is 1.19 bits per heavy atom. The predicted molar refractivity (Wildman–Crippen MR) is 124 cm³/mol. The topological polar surface area (TPSA) is 168 Å². The van der Waals surface area contributed by atoms with Crippen LogP contribution in [0.5, 0.6) is 0 Å². The second kappa shape index (κ2) is 11.7. The van der Waals surface area contributed by atoms with Crippen molar-refractivity contribution in [1.82, 2.24) is 10.6 Å². The Labute approximate surface area is 196 Å². The zero-order valence-corrected chi connectivity index (χ0v) is 20.0. The van der Waals surface area contributed by atoms with Gasteiger partial charge in [-0.25, -0.2) is 0 Å². The number of rotatable bonds is 4. The van der Waals surface area contributed by atoms with Crippen LogP contribution in [0.4, 0.5) is 0 Å². The van der Waals surface area contributed by atoms with E-state index in [1.165, 1.54) is 23.5 Å². The van der Waals surface area contributed by atoms with Crippen molar-refractivity contribution in [3.8, 4) is 0 Å². The number of aliphatic imine (C=N–C) groups is 2. The molecule has 4 aliphatic rings. The lowest BCUT2D eigenvalue weighted by atomic mass is 9.97. The molecular formula is C19H34N4O7S2. The molecule has 0 spiro atoms. The number of thioether (sulfide) groups is 2. The first-order valence-electron chi connectivity index (χ1n) is 10.9. The van der Waals surface area contributed by atoms with Gasteiger partial charge in [-0.1, -0.05) is 30.4 Å². The van der Waals surface area contributed by atoms with E-state index in [4.69, 9.17) is 14.6 Å². The molecule has 7 N–H and O–H groups in total. The molecule has 0 saturated carbocycles. The molecule has 10 atom stereocenters. The summed E-state index contributed by atoms with van der Waals surface area (Å²) >= 11 is 2.87. The highest BCUT2D eigenvalue weighted by Gasteiger charge is 2.49. The lowest BCUT2D eigenvalue weighted by molar-refractivity contribution is -0.167. The first-order chi connectivity index (χ1) is 15.3. The molecule has 0 aliphatic carbocycles. The van der Waals surface area contributed by atoms with Gasteiger partial charge in [-0.3, -0.25) is 9.98 Å². The van der Waals surface area contributed by atoms with E-state index in [0.29, 0.717) is 24.7 Å². The Kier molecular flexibility index (Phi) is 9.47. The second-order valence-electron chi connectivity index (χ2n) is 7.77. The third-order valence-electron chi connectivity index (χ3n) is 5.62. The fourth-order valence-electron chi connectivity index (χ4n) is 3.89. The van der Waals surface area contributed by atoms with Crippen LogP contribution in [0.3, 0.4) is 0 Å². The van der Waals surface area contributed by atoms with Crippen molar-refractivity contribution in [3.05, 3.63) is 0 Å². The molecule has 13 heteroatoms. The van der Waals surface area contributed by atoms with Gasteiger partial charge in [0.15, 0.2) is 10.3 Å². The van der Waals surface area contributed by atoms with Crippen molar-refractivity contribution in [3.63, 3.8) is 0 Å². The van der Waals surface area contributed by atoms with Crippen LogP contribution >= 0.6 is 23.5 Å². The third kappa shape index (κ3) is 5.53. The van der Waals surface area contributed by atoms with E-state index in [2.05, 4.69) is 20.6 Å². The van der Waals surface area contributed by atoms with E-state index in [-0.39, 0.29) is 35.7 Å². The Morgan fingerprint density at radius 3 is 1.59 bits per heavy atom. The van der Waals surface area contributed by atoms with Crippen molar-refractivity contribution in [2.24, 2.45) is 9.98 Å². The highest BCUT2D eigenvalue weighted by molar-refractivity contribution is 8.14. The van der Waals surface area contributed by atoms with Crippen LogP contribution < -0.4 is 10.6 Å². The molecule has 4 rings (SSSR count). The van der Waals surface area contributed by atoms with Gasteiger partial charge in [0.2, 0.25) is 0 Å². The summed E-state index contributed by atoms with van der Waals surface area (Å²) in [7, 11) is 0. The smallest absolute Gasteiger partial charge is 0.159 e. The summed E-state index contributed by atoms with van der Waals surface area (Å²) in [4.78, 5) is 8.45. The second-order valence-corrected chi connectivity index (χ2v) is 9.95. The fourth-order valence-corrected chi connectivity index (χ4v) is 6.29. The van der Waals surface area contributed by atoms with Crippen LogP contribution in [-0.2, 0) is 9.47 Å². The quantitative estimate of drug-likeness (QED) is 0.241. The molecule has 184 valence electrons. The minimum absolute atomic E-state index is 0.145. The molecule has 4 aliphatic heterocycles. The number of hydrogen-bond donors (Lipinski definition) is 7. The van der Waals surface area contributed by atoms with Crippen molar-refractivity contribution in [1.29, 1.82) is 0 Å². The zero-order chi connectivity index (χ0) is 23.4. The number of nitrogens with one attached hydrogen (secondary N) is 2. The maximum atomic E-state index is 9.97. The van der Waals surface area contributed by atoms with E-state index in [1.807, 2.05) is 20.8 Å². The molecule has 0 amide bonds. The summed E-state index contributed by atoms with van der Waals surface area (Å²) in [5.41, 5.74) is -0.450. The summed E-state index contributed by atoms with van der Waals surface area (Å²) in [5, 5.41) is 56.0. The molecule has 4 saturated heterocycles. The van der Waals surface area contributed by atoms with Gasteiger partial charge in [0.25, 0.3) is 0 Å². The number of ether oxygens (including phenoxy) is 2. The predicted octanol–water partition coefficient (Wildman–Crippen LogP) is -1.57. The molecule has 0 aromatic heterocycles. The Hall–Kier alpha value is -0.640. The molecular weight excluding hydrogens is 460 g/mol. The Morgan fingerprint density at radius 1 is 0.750 bits per heavy atom. The molecule has 0 aromatic rings. The SMILES string of the molecule is CCN=C1N[C@@H]2[C@@H](O)[C@H](O)[C@@H](CC)O[C@@H]2S1.CCN=C1N[C@@H]2[C@@H](O)[C@H](O)[C@@H](CO)O[C@@H]2S1. The van der Waals surface area contributed by atoms with Crippen LogP contribution in [-0.4, -0.2) is 115 Å². The standard InChI is InChI=1S/C10H18N2O3S.C9H16N2O4S/c1-3-5-7(13)8(14)6-9(15-5)16-10(12-6)11-4-2;1-2-10-9-11-5-7(14)6(13)4(3-12)15-8(5)16-9/h5-9,13-14H,3-4H2,1-2H3,(H,11,12);4-8,12-14H,2-3H2,1H3,(H,10,11)/t5-,6-,7-,8-,9-;4-,5-,6-,7-,8-/m11/s1. The van der Waals surface area contributed by atoms with Gasteiger partial charge >= 0.3 is 0 Å². The Bertz CT molecular complexity index is 632. The van der Waals surface area contributed by atoms with Crippen LogP contribution in [0.15, 0.2) is 9.98 Å².